The molecule has 13 atom stereocenters. The zero-order chi connectivity index (χ0) is 40.1. The number of rotatable bonds is 8. The SMILES string of the molecule is CC[C@H]1OC(=O)C(C)C(=O)[C@H](C)[C@@H](O[C@@H]2O[C@H](CN)CC(N(C)C)[C@H]2C)[C@](C)(OC)C[C@@H](C)CN(C(=O)OCc2ccccc2)[C@H](C)[C@H]2CC(=O)O[C@@]21C. The van der Waals surface area contributed by atoms with E-state index in [0.717, 1.165) is 12.0 Å². The third kappa shape index (κ3) is 9.46. The third-order valence-electron chi connectivity index (χ3n) is 12.3. The van der Waals surface area contributed by atoms with E-state index in [4.69, 9.17) is 34.2 Å². The van der Waals surface area contributed by atoms with Gasteiger partial charge >= 0.3 is 18.0 Å². The Morgan fingerprint density at radius 3 is 2.31 bits per heavy atom. The Balaban J connectivity index is 1.79. The number of carbonyl (C=O) groups is 4. The van der Waals surface area contributed by atoms with Gasteiger partial charge < -0.3 is 44.0 Å². The lowest BCUT2D eigenvalue weighted by atomic mass is 9.77. The molecule has 0 radical (unpaired) electrons. The Morgan fingerprint density at radius 2 is 1.72 bits per heavy atom. The van der Waals surface area contributed by atoms with Crippen molar-refractivity contribution in [3.8, 4) is 0 Å². The van der Waals surface area contributed by atoms with Gasteiger partial charge in [0.25, 0.3) is 0 Å². The van der Waals surface area contributed by atoms with Crippen LogP contribution in [-0.2, 0) is 49.4 Å². The van der Waals surface area contributed by atoms with Crippen molar-refractivity contribution < 1.29 is 47.6 Å². The number of nitrogens with zero attached hydrogens (tertiary/aromatic N) is 2. The molecular formula is C41H65N3O10. The molecule has 13 nitrogen and oxygen atoms in total. The van der Waals surface area contributed by atoms with Gasteiger partial charge in [0.1, 0.15) is 18.6 Å². The fraction of sp³-hybridized carbons (Fsp3) is 0.756. The molecule has 2 unspecified atom stereocenters. The lowest BCUT2D eigenvalue weighted by molar-refractivity contribution is -0.282. The number of benzene rings is 1. The minimum Gasteiger partial charge on any atom is -0.458 e. The molecule has 0 saturated carbocycles. The number of methoxy groups -OCH3 is 1. The summed E-state index contributed by atoms with van der Waals surface area (Å²) in [4.78, 5) is 59.3. The van der Waals surface area contributed by atoms with Crippen LogP contribution < -0.4 is 5.73 Å². The summed E-state index contributed by atoms with van der Waals surface area (Å²) >= 11 is 0. The number of ketones is 1. The van der Waals surface area contributed by atoms with E-state index in [1.54, 1.807) is 25.9 Å². The van der Waals surface area contributed by atoms with E-state index in [2.05, 4.69) is 11.8 Å². The van der Waals surface area contributed by atoms with E-state index in [-0.39, 0.29) is 49.3 Å². The quantitative estimate of drug-likeness (QED) is 0.216. The summed E-state index contributed by atoms with van der Waals surface area (Å²) in [5.74, 6) is -4.44. The number of nitrogens with two attached hydrogens (primary N) is 1. The maximum absolute atomic E-state index is 14.4. The molecule has 304 valence electrons. The summed E-state index contributed by atoms with van der Waals surface area (Å²) in [6, 6.07) is 8.94. The van der Waals surface area contributed by atoms with Gasteiger partial charge in [-0.2, -0.15) is 0 Å². The second-order valence-electron chi connectivity index (χ2n) is 16.5. The number of esters is 2. The molecule has 0 aromatic heterocycles. The molecular weight excluding hydrogens is 694 g/mol. The summed E-state index contributed by atoms with van der Waals surface area (Å²) in [7, 11) is 5.60. The van der Waals surface area contributed by atoms with E-state index in [1.807, 2.05) is 72.1 Å². The van der Waals surface area contributed by atoms with Crippen molar-refractivity contribution >= 4 is 23.8 Å². The molecule has 1 aromatic carbocycles. The van der Waals surface area contributed by atoms with Crippen LogP contribution in [0.2, 0.25) is 0 Å². The van der Waals surface area contributed by atoms with Crippen LogP contribution in [0, 0.1) is 29.6 Å². The van der Waals surface area contributed by atoms with Gasteiger partial charge in [0.2, 0.25) is 0 Å². The largest absolute Gasteiger partial charge is 0.458 e. The molecule has 0 aliphatic carbocycles. The Hall–Kier alpha value is -3.10. The number of Topliss-reactive ketones (excluding diaryl/α,β-unsaturated/α-hetero) is 1. The van der Waals surface area contributed by atoms with Gasteiger partial charge in [-0.05, 0) is 72.5 Å². The Morgan fingerprint density at radius 1 is 1.06 bits per heavy atom. The fourth-order valence-corrected chi connectivity index (χ4v) is 9.00. The second-order valence-corrected chi connectivity index (χ2v) is 16.5. The predicted octanol–water partition coefficient (Wildman–Crippen LogP) is 4.97. The highest BCUT2D eigenvalue weighted by atomic mass is 16.7. The minimum atomic E-state index is -1.28. The highest BCUT2D eigenvalue weighted by Crippen LogP contribution is 2.43. The van der Waals surface area contributed by atoms with Gasteiger partial charge in [0, 0.05) is 50.0 Å². The summed E-state index contributed by atoms with van der Waals surface area (Å²) in [6.45, 7) is 15.3. The normalized spacial score (nSPS) is 38.6. The lowest BCUT2D eigenvalue weighted by Crippen LogP contribution is -2.57. The molecule has 0 bridgehead atoms. The van der Waals surface area contributed by atoms with Crippen LogP contribution in [-0.4, -0.2) is 116 Å². The first kappa shape index (κ1) is 43.6. The summed E-state index contributed by atoms with van der Waals surface area (Å²) in [5.41, 5.74) is 4.58. The first-order valence-corrected chi connectivity index (χ1v) is 19.6. The smallest absolute Gasteiger partial charge is 0.410 e. The molecule has 4 rings (SSSR count). The molecule has 3 aliphatic rings. The van der Waals surface area contributed by atoms with E-state index >= 15 is 0 Å². The van der Waals surface area contributed by atoms with E-state index in [1.165, 1.54) is 6.92 Å². The molecule has 2 N–H and O–H groups in total. The predicted molar refractivity (Wildman–Crippen MR) is 202 cm³/mol. The van der Waals surface area contributed by atoms with Crippen molar-refractivity contribution in [2.24, 2.45) is 35.3 Å². The number of amides is 1. The van der Waals surface area contributed by atoms with Gasteiger partial charge in [-0.25, -0.2) is 4.79 Å². The molecule has 3 heterocycles. The summed E-state index contributed by atoms with van der Waals surface area (Å²) in [6.07, 6.45) is -1.89. The van der Waals surface area contributed by atoms with Crippen LogP contribution in [0.3, 0.4) is 0 Å². The number of carbonyl (C=O) groups excluding carboxylic acids is 4. The van der Waals surface area contributed by atoms with Crippen molar-refractivity contribution in [3.05, 3.63) is 35.9 Å². The van der Waals surface area contributed by atoms with Crippen molar-refractivity contribution in [1.29, 1.82) is 0 Å². The van der Waals surface area contributed by atoms with Gasteiger partial charge in [-0.15, -0.1) is 0 Å². The van der Waals surface area contributed by atoms with E-state index in [9.17, 15) is 19.2 Å². The van der Waals surface area contributed by atoms with E-state index < -0.39 is 71.5 Å². The maximum Gasteiger partial charge on any atom is 0.410 e. The van der Waals surface area contributed by atoms with Crippen LogP contribution >= 0.6 is 0 Å². The van der Waals surface area contributed by atoms with Crippen molar-refractivity contribution in [3.63, 3.8) is 0 Å². The van der Waals surface area contributed by atoms with Crippen molar-refractivity contribution in [2.45, 2.75) is 136 Å². The molecule has 54 heavy (non-hydrogen) atoms. The lowest BCUT2D eigenvalue weighted by Gasteiger charge is -2.48. The molecule has 1 amide bonds. The van der Waals surface area contributed by atoms with Gasteiger partial charge in [-0.1, -0.05) is 58.0 Å². The standard InChI is InChI=1S/C41H65N3O10/c1-12-33-41(8)31(19-34(45)54-41)28(6)44(39(48)50-23-29-16-14-13-15-17-29)22-24(2)20-40(7,49-11)36(26(4)35(46)27(5)37(47)52-33)53-38-25(3)32(43(9)10)18-30(21-42)51-38/h13-17,24-28,30-33,36,38H,12,18-23,42H2,1-11H3/t24-,25-,26+,27?,28-,30+,31-,32?,33-,36-,38+,40-,41+/m1/s1. The van der Waals surface area contributed by atoms with E-state index in [0.29, 0.717) is 19.4 Å². The van der Waals surface area contributed by atoms with Crippen LogP contribution in [0.4, 0.5) is 4.79 Å². The Kier molecular flexibility index (Phi) is 14.7. The Bertz CT molecular complexity index is 1450. The van der Waals surface area contributed by atoms with Gasteiger partial charge in [0.15, 0.2) is 17.7 Å². The highest BCUT2D eigenvalue weighted by molar-refractivity contribution is 6.00. The average molecular weight is 760 g/mol. The topological polar surface area (TPSA) is 156 Å². The molecule has 3 fully saturated rings. The average Bonchev–Trinajstić information content (AvgIpc) is 3.46. The van der Waals surface area contributed by atoms with Crippen molar-refractivity contribution in [2.75, 3.05) is 34.3 Å². The van der Waals surface area contributed by atoms with Crippen LogP contribution in [0.25, 0.3) is 0 Å². The number of hydrogen-bond donors (Lipinski definition) is 1. The number of hydrogen-bond acceptors (Lipinski definition) is 12. The van der Waals surface area contributed by atoms with Crippen LogP contribution in [0.15, 0.2) is 30.3 Å². The first-order valence-electron chi connectivity index (χ1n) is 19.6. The highest BCUT2D eigenvalue weighted by Gasteiger charge is 2.57. The van der Waals surface area contributed by atoms with Crippen molar-refractivity contribution in [1.82, 2.24) is 9.80 Å². The molecule has 13 heteroatoms. The number of ether oxygens (including phenoxy) is 6. The molecule has 1 aromatic rings. The summed E-state index contributed by atoms with van der Waals surface area (Å²) in [5, 5.41) is 0. The minimum absolute atomic E-state index is 0.0110. The first-order chi connectivity index (χ1) is 25.4. The molecule has 0 spiro atoms. The fourth-order valence-electron chi connectivity index (χ4n) is 9.00. The van der Waals surface area contributed by atoms with Crippen LogP contribution in [0.5, 0.6) is 0 Å². The summed E-state index contributed by atoms with van der Waals surface area (Å²) < 4.78 is 37.6. The van der Waals surface area contributed by atoms with Gasteiger partial charge in [-0.3, -0.25) is 14.4 Å². The number of cyclic esters (lactones) is 1. The maximum atomic E-state index is 14.4. The molecule has 3 saturated heterocycles. The second kappa shape index (κ2) is 18.2. The number of fused-ring (bicyclic) bond motifs is 1. The zero-order valence-electron chi connectivity index (χ0n) is 34.2. The van der Waals surface area contributed by atoms with Crippen LogP contribution in [0.1, 0.15) is 86.6 Å². The monoisotopic (exact) mass is 759 g/mol. The Labute approximate surface area is 321 Å². The molecule has 3 aliphatic heterocycles. The third-order valence-corrected chi connectivity index (χ3v) is 12.3. The zero-order valence-corrected chi connectivity index (χ0v) is 34.2. The van der Waals surface area contributed by atoms with Gasteiger partial charge in [0.05, 0.1) is 24.2 Å².